The van der Waals surface area contributed by atoms with Gasteiger partial charge in [0, 0.05) is 0 Å². The lowest BCUT2D eigenvalue weighted by Crippen LogP contribution is -2.42. The molecule has 4 atom stereocenters. The summed E-state index contributed by atoms with van der Waals surface area (Å²) in [6.45, 7) is 4.27. The molecule has 1 heterocycles. The SMILES string of the molecule is CC1CC(C)C(CO)OC1CO. The minimum Gasteiger partial charge on any atom is -0.394 e. The number of hydrogen-bond acceptors (Lipinski definition) is 3. The van der Waals surface area contributed by atoms with E-state index in [-0.39, 0.29) is 25.4 Å². The summed E-state index contributed by atoms with van der Waals surface area (Å²) < 4.78 is 5.51. The number of aliphatic hydroxyl groups excluding tert-OH is 2. The fourth-order valence-corrected chi connectivity index (χ4v) is 1.83. The number of aliphatic hydroxyl groups is 2. The average Bonchev–Trinajstić information content (AvgIpc) is 2.05. The van der Waals surface area contributed by atoms with Crippen molar-refractivity contribution in [3.05, 3.63) is 0 Å². The molecule has 1 aliphatic rings. The van der Waals surface area contributed by atoms with Gasteiger partial charge in [0.15, 0.2) is 0 Å². The van der Waals surface area contributed by atoms with E-state index in [9.17, 15) is 0 Å². The van der Waals surface area contributed by atoms with Gasteiger partial charge < -0.3 is 14.9 Å². The lowest BCUT2D eigenvalue weighted by molar-refractivity contribution is -0.138. The molecule has 0 aliphatic carbocycles. The average molecular weight is 174 g/mol. The highest BCUT2D eigenvalue weighted by Gasteiger charge is 2.32. The van der Waals surface area contributed by atoms with Crippen molar-refractivity contribution in [2.75, 3.05) is 13.2 Å². The smallest absolute Gasteiger partial charge is 0.0836 e. The predicted molar refractivity (Wildman–Crippen MR) is 45.8 cm³/mol. The fraction of sp³-hybridized carbons (Fsp3) is 1.00. The highest BCUT2D eigenvalue weighted by atomic mass is 16.5. The lowest BCUT2D eigenvalue weighted by Gasteiger charge is -2.37. The zero-order valence-electron chi connectivity index (χ0n) is 7.73. The van der Waals surface area contributed by atoms with Gasteiger partial charge in [0.1, 0.15) is 0 Å². The zero-order chi connectivity index (χ0) is 9.14. The summed E-state index contributed by atoms with van der Waals surface area (Å²) in [5.74, 6) is 0.792. The van der Waals surface area contributed by atoms with Gasteiger partial charge in [0.05, 0.1) is 25.4 Å². The van der Waals surface area contributed by atoms with Crippen molar-refractivity contribution < 1.29 is 14.9 Å². The summed E-state index contributed by atoms with van der Waals surface area (Å²) in [6, 6.07) is 0. The summed E-state index contributed by atoms with van der Waals surface area (Å²) >= 11 is 0. The van der Waals surface area contributed by atoms with E-state index in [4.69, 9.17) is 14.9 Å². The number of ether oxygens (including phenoxy) is 1. The maximum absolute atomic E-state index is 8.95. The Kier molecular flexibility index (Phi) is 3.50. The summed E-state index contributed by atoms with van der Waals surface area (Å²) in [6.07, 6.45) is 0.855. The molecule has 72 valence electrons. The van der Waals surface area contributed by atoms with Gasteiger partial charge in [-0.3, -0.25) is 0 Å². The standard InChI is InChI=1S/C9H18O3/c1-6-3-7(2)9(5-11)12-8(6)4-10/h6-11H,3-5H2,1-2H3. The zero-order valence-corrected chi connectivity index (χ0v) is 7.73. The highest BCUT2D eigenvalue weighted by Crippen LogP contribution is 2.28. The minimum absolute atomic E-state index is 0.0599. The molecule has 0 aromatic rings. The second kappa shape index (κ2) is 4.21. The van der Waals surface area contributed by atoms with Gasteiger partial charge in [-0.2, -0.15) is 0 Å². The Morgan fingerprint density at radius 2 is 1.50 bits per heavy atom. The van der Waals surface area contributed by atoms with Crippen molar-refractivity contribution in [3.63, 3.8) is 0 Å². The summed E-state index contributed by atoms with van der Waals surface area (Å²) in [4.78, 5) is 0. The van der Waals surface area contributed by atoms with Crippen LogP contribution in [0.1, 0.15) is 20.3 Å². The third-order valence-corrected chi connectivity index (χ3v) is 2.72. The molecule has 0 radical (unpaired) electrons. The van der Waals surface area contributed by atoms with E-state index in [1.807, 2.05) is 0 Å². The lowest BCUT2D eigenvalue weighted by atomic mass is 9.86. The Bertz CT molecular complexity index is 124. The van der Waals surface area contributed by atoms with Crippen LogP contribution >= 0.6 is 0 Å². The molecule has 0 aromatic heterocycles. The van der Waals surface area contributed by atoms with Gasteiger partial charge in [-0.15, -0.1) is 0 Å². The van der Waals surface area contributed by atoms with E-state index >= 15 is 0 Å². The van der Waals surface area contributed by atoms with Crippen molar-refractivity contribution in [3.8, 4) is 0 Å². The molecule has 0 spiro atoms. The molecule has 3 heteroatoms. The quantitative estimate of drug-likeness (QED) is 0.637. The highest BCUT2D eigenvalue weighted by molar-refractivity contribution is 4.80. The molecule has 0 bridgehead atoms. The molecule has 0 amide bonds. The minimum atomic E-state index is -0.0849. The molecule has 1 saturated heterocycles. The van der Waals surface area contributed by atoms with Crippen LogP contribution < -0.4 is 0 Å². The van der Waals surface area contributed by atoms with Crippen LogP contribution in [0.25, 0.3) is 0 Å². The van der Waals surface area contributed by atoms with Crippen molar-refractivity contribution in [2.24, 2.45) is 11.8 Å². The van der Waals surface area contributed by atoms with Crippen LogP contribution in [-0.2, 0) is 4.74 Å². The molecule has 1 aliphatic heterocycles. The van der Waals surface area contributed by atoms with Crippen LogP contribution in [0.3, 0.4) is 0 Å². The first-order chi connectivity index (χ1) is 5.69. The molecule has 4 unspecified atom stereocenters. The van der Waals surface area contributed by atoms with Gasteiger partial charge in [0.25, 0.3) is 0 Å². The summed E-state index contributed by atoms with van der Waals surface area (Å²) in [5, 5.41) is 17.9. The molecule has 1 fully saturated rings. The van der Waals surface area contributed by atoms with Crippen molar-refractivity contribution in [1.82, 2.24) is 0 Å². The maximum Gasteiger partial charge on any atom is 0.0836 e. The third kappa shape index (κ3) is 1.97. The predicted octanol–water partition coefficient (Wildman–Crippen LogP) is 0.401. The molecular weight excluding hydrogens is 156 g/mol. The normalized spacial score (nSPS) is 43.0. The van der Waals surface area contributed by atoms with Crippen molar-refractivity contribution >= 4 is 0 Å². The van der Waals surface area contributed by atoms with Crippen LogP contribution in [0.15, 0.2) is 0 Å². The molecule has 0 aromatic carbocycles. The van der Waals surface area contributed by atoms with E-state index in [1.54, 1.807) is 0 Å². The van der Waals surface area contributed by atoms with Gasteiger partial charge in [-0.1, -0.05) is 13.8 Å². The molecule has 12 heavy (non-hydrogen) atoms. The van der Waals surface area contributed by atoms with E-state index in [1.165, 1.54) is 0 Å². The monoisotopic (exact) mass is 174 g/mol. The van der Waals surface area contributed by atoms with Gasteiger partial charge in [-0.05, 0) is 18.3 Å². The Balaban J connectivity index is 2.50. The third-order valence-electron chi connectivity index (χ3n) is 2.72. The largest absolute Gasteiger partial charge is 0.394 e. The molecule has 0 saturated carbocycles. The first kappa shape index (κ1) is 9.96. The van der Waals surface area contributed by atoms with E-state index in [2.05, 4.69) is 13.8 Å². The number of rotatable bonds is 2. The van der Waals surface area contributed by atoms with E-state index in [0.717, 1.165) is 6.42 Å². The van der Waals surface area contributed by atoms with Gasteiger partial charge in [-0.25, -0.2) is 0 Å². The van der Waals surface area contributed by atoms with Crippen LogP contribution in [0, 0.1) is 11.8 Å². The Morgan fingerprint density at radius 1 is 1.08 bits per heavy atom. The second-order valence-electron chi connectivity index (χ2n) is 3.77. The van der Waals surface area contributed by atoms with Crippen LogP contribution in [0.4, 0.5) is 0 Å². The second-order valence-corrected chi connectivity index (χ2v) is 3.77. The van der Waals surface area contributed by atoms with Crippen LogP contribution in [0.5, 0.6) is 0 Å². The Morgan fingerprint density at radius 3 is 1.83 bits per heavy atom. The van der Waals surface area contributed by atoms with Gasteiger partial charge in [0.2, 0.25) is 0 Å². The van der Waals surface area contributed by atoms with E-state index in [0.29, 0.717) is 11.8 Å². The Labute approximate surface area is 73.4 Å². The summed E-state index contributed by atoms with van der Waals surface area (Å²) in [7, 11) is 0. The molecule has 1 rings (SSSR count). The van der Waals surface area contributed by atoms with Crippen molar-refractivity contribution in [1.29, 1.82) is 0 Å². The van der Waals surface area contributed by atoms with Crippen molar-refractivity contribution in [2.45, 2.75) is 32.5 Å². The number of hydrogen-bond donors (Lipinski definition) is 2. The van der Waals surface area contributed by atoms with Crippen LogP contribution in [-0.4, -0.2) is 35.6 Å². The van der Waals surface area contributed by atoms with Gasteiger partial charge >= 0.3 is 0 Å². The fourth-order valence-electron chi connectivity index (χ4n) is 1.83. The first-order valence-corrected chi connectivity index (χ1v) is 4.56. The topological polar surface area (TPSA) is 49.7 Å². The van der Waals surface area contributed by atoms with E-state index < -0.39 is 0 Å². The molecule has 2 N–H and O–H groups in total. The Hall–Kier alpha value is -0.120. The molecular formula is C9H18O3. The first-order valence-electron chi connectivity index (χ1n) is 4.56. The maximum atomic E-state index is 8.95. The van der Waals surface area contributed by atoms with Crippen LogP contribution in [0.2, 0.25) is 0 Å². The molecule has 3 nitrogen and oxygen atoms in total. The summed E-state index contributed by atoms with van der Waals surface area (Å²) in [5.41, 5.74) is 0.